The minimum atomic E-state index is -3.11. The van der Waals surface area contributed by atoms with E-state index < -0.39 is 9.84 Å². The first-order chi connectivity index (χ1) is 13.7. The zero-order valence-electron chi connectivity index (χ0n) is 16.1. The zero-order chi connectivity index (χ0) is 20.8. The molecule has 2 aliphatic rings. The number of hydrogen-bond acceptors (Lipinski definition) is 4. The number of fused-ring (bicyclic) bond motifs is 1. The van der Waals surface area contributed by atoms with Crippen LogP contribution in [0.2, 0.25) is 5.02 Å². The highest BCUT2D eigenvalue weighted by Crippen LogP contribution is 2.42. The van der Waals surface area contributed by atoms with Crippen LogP contribution >= 0.6 is 23.4 Å². The van der Waals surface area contributed by atoms with E-state index >= 15 is 0 Å². The summed E-state index contributed by atoms with van der Waals surface area (Å²) < 4.78 is 24.4. The number of amidine groups is 1. The molecule has 0 saturated carbocycles. The van der Waals surface area contributed by atoms with Crippen LogP contribution in [0, 0.1) is 13.8 Å². The smallest absolute Gasteiger partial charge is 0.252 e. The second-order valence-electron chi connectivity index (χ2n) is 7.55. The molecule has 2 fully saturated rings. The number of thioether (sulfide) groups is 1. The van der Waals surface area contributed by atoms with Crippen molar-refractivity contribution in [3.05, 3.63) is 64.2 Å². The van der Waals surface area contributed by atoms with Gasteiger partial charge in [0.1, 0.15) is 0 Å². The highest BCUT2D eigenvalue weighted by atomic mass is 35.5. The lowest BCUT2D eigenvalue weighted by molar-refractivity contribution is -0.117. The topological polar surface area (TPSA) is 66.8 Å². The van der Waals surface area contributed by atoms with Gasteiger partial charge in [0, 0.05) is 16.0 Å². The van der Waals surface area contributed by atoms with Crippen molar-refractivity contribution < 1.29 is 13.2 Å². The van der Waals surface area contributed by atoms with Gasteiger partial charge in [0.05, 0.1) is 24.0 Å². The number of hydrogen-bond donors (Lipinski definition) is 0. The average molecular weight is 449 g/mol. The Morgan fingerprint density at radius 2 is 1.90 bits per heavy atom. The fraction of sp³-hybridized carbons (Fsp3) is 0.333. The van der Waals surface area contributed by atoms with E-state index in [1.54, 1.807) is 6.07 Å². The number of anilines is 1. The molecule has 8 heteroatoms. The Hall–Kier alpha value is -1.83. The molecule has 2 heterocycles. The first kappa shape index (κ1) is 20.4. The van der Waals surface area contributed by atoms with Gasteiger partial charge in [-0.1, -0.05) is 59.3 Å². The van der Waals surface area contributed by atoms with Gasteiger partial charge in [-0.25, -0.2) is 8.42 Å². The maximum Gasteiger partial charge on any atom is 0.252 e. The van der Waals surface area contributed by atoms with Gasteiger partial charge in [-0.05, 0) is 37.1 Å². The molecule has 0 bridgehead atoms. The average Bonchev–Trinajstić information content (AvgIpc) is 3.10. The molecule has 2 aromatic rings. The Balaban J connectivity index is 1.67. The summed E-state index contributed by atoms with van der Waals surface area (Å²) in [6.45, 7) is 3.94. The molecule has 4 rings (SSSR count). The monoisotopic (exact) mass is 448 g/mol. The Morgan fingerprint density at radius 3 is 2.62 bits per heavy atom. The maximum atomic E-state index is 12.7. The van der Waals surface area contributed by atoms with E-state index in [2.05, 4.69) is 4.99 Å². The van der Waals surface area contributed by atoms with Crippen molar-refractivity contribution in [2.45, 2.75) is 31.6 Å². The zero-order valence-corrected chi connectivity index (χ0v) is 18.5. The first-order valence-electron chi connectivity index (χ1n) is 9.31. The Kier molecular flexibility index (Phi) is 5.48. The van der Waals surface area contributed by atoms with Crippen LogP contribution in [-0.2, 0) is 21.1 Å². The van der Waals surface area contributed by atoms with E-state index in [4.69, 9.17) is 11.6 Å². The standard InChI is InChI=1S/C21H21ClN2O3S2/c1-13-3-6-15(7-4-13)9-20(25)23-21-24(17-10-16(22)8-5-14(17)2)18-11-29(26,27)12-19(18)28-21/h3-8,10,18-19H,9,11-12H2,1-2H3. The number of halogens is 1. The van der Waals surface area contributed by atoms with Crippen LogP contribution in [-0.4, -0.2) is 42.3 Å². The highest BCUT2D eigenvalue weighted by Gasteiger charge is 2.49. The van der Waals surface area contributed by atoms with E-state index in [9.17, 15) is 13.2 Å². The van der Waals surface area contributed by atoms with Crippen LogP contribution in [0.5, 0.6) is 0 Å². The lowest BCUT2D eigenvalue weighted by atomic mass is 10.1. The minimum absolute atomic E-state index is 0.0573. The van der Waals surface area contributed by atoms with E-state index in [1.165, 1.54) is 11.8 Å². The lowest BCUT2D eigenvalue weighted by Gasteiger charge is -2.26. The summed E-state index contributed by atoms with van der Waals surface area (Å²) in [5.74, 6) is -0.0883. The lowest BCUT2D eigenvalue weighted by Crippen LogP contribution is -2.38. The van der Waals surface area contributed by atoms with Crippen LogP contribution in [0.4, 0.5) is 5.69 Å². The Bertz CT molecular complexity index is 1100. The molecule has 29 heavy (non-hydrogen) atoms. The van der Waals surface area contributed by atoms with E-state index in [0.717, 1.165) is 22.4 Å². The minimum Gasteiger partial charge on any atom is -0.315 e. The normalized spacial score (nSPS) is 24.1. The Morgan fingerprint density at radius 1 is 1.17 bits per heavy atom. The molecule has 1 amide bonds. The van der Waals surface area contributed by atoms with Gasteiger partial charge < -0.3 is 4.90 Å². The maximum absolute atomic E-state index is 12.7. The molecule has 2 atom stereocenters. The number of aryl methyl sites for hydroxylation is 2. The van der Waals surface area contributed by atoms with Crippen molar-refractivity contribution in [1.29, 1.82) is 0 Å². The fourth-order valence-electron chi connectivity index (χ4n) is 3.72. The van der Waals surface area contributed by atoms with Crippen molar-refractivity contribution >= 4 is 50.0 Å². The third kappa shape index (κ3) is 4.37. The number of rotatable bonds is 3. The molecule has 0 N–H and O–H groups in total. The summed E-state index contributed by atoms with van der Waals surface area (Å²) in [6.07, 6.45) is 0.209. The number of benzene rings is 2. The van der Waals surface area contributed by atoms with Gasteiger partial charge >= 0.3 is 0 Å². The van der Waals surface area contributed by atoms with E-state index in [0.29, 0.717) is 10.2 Å². The van der Waals surface area contributed by atoms with Crippen LogP contribution < -0.4 is 4.90 Å². The molecule has 2 aliphatic heterocycles. The van der Waals surface area contributed by atoms with Gasteiger partial charge in [-0.15, -0.1) is 0 Å². The molecule has 0 radical (unpaired) electrons. The van der Waals surface area contributed by atoms with Crippen molar-refractivity contribution in [2.24, 2.45) is 4.99 Å². The number of nitrogens with zero attached hydrogens (tertiary/aromatic N) is 2. The molecular weight excluding hydrogens is 428 g/mol. The summed E-state index contributed by atoms with van der Waals surface area (Å²) in [7, 11) is -3.11. The Labute approximate surface area is 180 Å². The fourth-order valence-corrected chi connectivity index (χ4v) is 7.81. The summed E-state index contributed by atoms with van der Waals surface area (Å²) in [5.41, 5.74) is 3.80. The van der Waals surface area contributed by atoms with Gasteiger partial charge in [0.25, 0.3) is 5.91 Å². The van der Waals surface area contributed by atoms with Crippen LogP contribution in [0.1, 0.15) is 16.7 Å². The number of sulfone groups is 1. The molecule has 2 unspecified atom stereocenters. The second-order valence-corrected chi connectivity index (χ2v) is 11.3. The largest absolute Gasteiger partial charge is 0.315 e. The summed E-state index contributed by atoms with van der Waals surface area (Å²) in [4.78, 5) is 18.9. The van der Waals surface area contributed by atoms with E-state index in [1.807, 2.05) is 55.1 Å². The van der Waals surface area contributed by atoms with Gasteiger partial charge in [-0.3, -0.25) is 4.79 Å². The molecule has 5 nitrogen and oxygen atoms in total. The predicted octanol–water partition coefficient (Wildman–Crippen LogP) is 3.80. The highest BCUT2D eigenvalue weighted by molar-refractivity contribution is 8.16. The molecule has 152 valence electrons. The summed E-state index contributed by atoms with van der Waals surface area (Å²) in [6, 6.07) is 13.0. The SMILES string of the molecule is Cc1ccc(CC(=O)N=C2SC3CS(=O)(=O)CC3N2c2cc(Cl)ccc2C)cc1. The third-order valence-electron chi connectivity index (χ3n) is 5.19. The number of aliphatic imine (C=N–C) groups is 1. The molecule has 2 aromatic carbocycles. The third-order valence-corrected chi connectivity index (χ3v) is 8.64. The number of carbonyl (C=O) groups is 1. The van der Waals surface area contributed by atoms with Crippen molar-refractivity contribution in [2.75, 3.05) is 16.4 Å². The quantitative estimate of drug-likeness (QED) is 0.714. The van der Waals surface area contributed by atoms with Crippen molar-refractivity contribution in [3.8, 4) is 0 Å². The van der Waals surface area contributed by atoms with Crippen LogP contribution in [0.15, 0.2) is 47.5 Å². The van der Waals surface area contributed by atoms with Gasteiger partial charge in [0.15, 0.2) is 15.0 Å². The van der Waals surface area contributed by atoms with Gasteiger partial charge in [0.2, 0.25) is 0 Å². The summed E-state index contributed by atoms with van der Waals surface area (Å²) >= 11 is 7.58. The second kappa shape index (κ2) is 7.78. The molecule has 0 aliphatic carbocycles. The van der Waals surface area contributed by atoms with Gasteiger partial charge in [-0.2, -0.15) is 4.99 Å². The molecular formula is C21H21ClN2O3S2. The van der Waals surface area contributed by atoms with Crippen LogP contribution in [0.3, 0.4) is 0 Å². The predicted molar refractivity (Wildman–Crippen MR) is 120 cm³/mol. The molecule has 0 spiro atoms. The van der Waals surface area contributed by atoms with E-state index in [-0.39, 0.29) is 35.1 Å². The number of carbonyl (C=O) groups excluding carboxylic acids is 1. The first-order valence-corrected chi connectivity index (χ1v) is 12.4. The molecule has 0 aromatic heterocycles. The van der Waals surface area contributed by atoms with Crippen LogP contribution in [0.25, 0.3) is 0 Å². The number of amides is 1. The van der Waals surface area contributed by atoms with Crippen molar-refractivity contribution in [1.82, 2.24) is 0 Å². The van der Waals surface area contributed by atoms with Crippen molar-refractivity contribution in [3.63, 3.8) is 0 Å². The molecule has 2 saturated heterocycles. The summed E-state index contributed by atoms with van der Waals surface area (Å²) in [5, 5.41) is 0.979.